The van der Waals surface area contributed by atoms with E-state index in [-0.39, 0.29) is 6.54 Å². The molecule has 0 aromatic carbocycles. The molecule has 2 atom stereocenters. The molecule has 1 saturated heterocycles. The van der Waals surface area contributed by atoms with Crippen molar-refractivity contribution in [3.63, 3.8) is 0 Å². The number of hydrogen-bond donors (Lipinski definition) is 2. The minimum absolute atomic E-state index is 0.285. The summed E-state index contributed by atoms with van der Waals surface area (Å²) in [5, 5.41) is 13.8. The molecule has 0 amide bonds. The van der Waals surface area contributed by atoms with Crippen molar-refractivity contribution < 1.29 is 9.52 Å². The van der Waals surface area contributed by atoms with Gasteiger partial charge in [0, 0.05) is 19.6 Å². The third kappa shape index (κ3) is 4.24. The van der Waals surface area contributed by atoms with Gasteiger partial charge in [-0.25, -0.2) is 4.99 Å². The van der Waals surface area contributed by atoms with Crippen LogP contribution in [0.3, 0.4) is 0 Å². The van der Waals surface area contributed by atoms with Crippen LogP contribution in [0.1, 0.15) is 39.4 Å². The van der Waals surface area contributed by atoms with Gasteiger partial charge in [-0.2, -0.15) is 0 Å². The molecule has 5 nitrogen and oxygen atoms in total. The van der Waals surface area contributed by atoms with Crippen LogP contribution in [0.15, 0.2) is 27.8 Å². The quantitative estimate of drug-likeness (QED) is 0.660. The second-order valence-electron chi connectivity index (χ2n) is 6.11. The van der Waals surface area contributed by atoms with Gasteiger partial charge in [0.05, 0.1) is 12.8 Å². The molecule has 0 aliphatic carbocycles. The zero-order valence-electron chi connectivity index (χ0n) is 13.3. The van der Waals surface area contributed by atoms with Crippen LogP contribution < -0.4 is 5.32 Å². The van der Waals surface area contributed by atoms with E-state index in [1.807, 2.05) is 0 Å². The number of nitrogens with zero attached hydrogens (tertiary/aromatic N) is 2. The first-order chi connectivity index (χ1) is 10.0. The van der Waals surface area contributed by atoms with Crippen LogP contribution in [-0.4, -0.2) is 42.1 Å². The molecule has 0 radical (unpaired) electrons. The first-order valence-electron chi connectivity index (χ1n) is 7.82. The number of piperidine rings is 1. The average molecular weight is 293 g/mol. The van der Waals surface area contributed by atoms with Crippen LogP contribution in [0, 0.1) is 5.92 Å². The number of aliphatic hydroxyl groups is 1. The van der Waals surface area contributed by atoms with E-state index in [1.54, 1.807) is 25.3 Å². The molecule has 1 aliphatic rings. The van der Waals surface area contributed by atoms with Gasteiger partial charge in [0.25, 0.3) is 0 Å². The standard InChI is InChI=1S/C16H27N3O2/c1-4-17-15(19-9-5-7-13(2)11-19)18-12-16(3,20)14-8-6-10-21-14/h6,8,10,13,20H,4-5,7,9,11-12H2,1-3H3,(H,17,18). The number of rotatable bonds is 4. The van der Waals surface area contributed by atoms with Gasteiger partial charge in [-0.1, -0.05) is 6.92 Å². The zero-order chi connectivity index (χ0) is 15.3. The molecule has 5 heteroatoms. The Morgan fingerprint density at radius 3 is 3.05 bits per heavy atom. The van der Waals surface area contributed by atoms with Crippen LogP contribution in [-0.2, 0) is 5.60 Å². The normalized spacial score (nSPS) is 23.0. The maximum atomic E-state index is 10.5. The molecule has 2 unspecified atom stereocenters. The van der Waals surface area contributed by atoms with E-state index in [0.717, 1.165) is 25.6 Å². The maximum absolute atomic E-state index is 10.5. The summed E-state index contributed by atoms with van der Waals surface area (Å²) in [5.41, 5.74) is -1.08. The summed E-state index contributed by atoms with van der Waals surface area (Å²) in [6, 6.07) is 3.57. The number of nitrogens with one attached hydrogen (secondary N) is 1. The monoisotopic (exact) mass is 293 g/mol. The highest BCUT2D eigenvalue weighted by molar-refractivity contribution is 5.80. The van der Waals surface area contributed by atoms with Crippen molar-refractivity contribution in [2.45, 2.75) is 39.2 Å². The predicted octanol–water partition coefficient (Wildman–Crippen LogP) is 2.18. The first kappa shape index (κ1) is 15.9. The summed E-state index contributed by atoms with van der Waals surface area (Å²) in [5.74, 6) is 2.12. The van der Waals surface area contributed by atoms with Gasteiger partial charge in [0.1, 0.15) is 11.4 Å². The molecule has 1 fully saturated rings. The lowest BCUT2D eigenvalue weighted by molar-refractivity contribution is 0.0433. The smallest absolute Gasteiger partial charge is 0.194 e. The minimum atomic E-state index is -1.08. The van der Waals surface area contributed by atoms with Crippen LogP contribution in [0.5, 0.6) is 0 Å². The molecule has 2 heterocycles. The molecule has 2 N–H and O–H groups in total. The van der Waals surface area contributed by atoms with Gasteiger partial charge >= 0.3 is 0 Å². The van der Waals surface area contributed by atoms with Crippen molar-refractivity contribution in [2.75, 3.05) is 26.2 Å². The number of hydrogen-bond acceptors (Lipinski definition) is 3. The average Bonchev–Trinajstić information content (AvgIpc) is 2.98. The molecular weight excluding hydrogens is 266 g/mol. The van der Waals surface area contributed by atoms with Crippen molar-refractivity contribution >= 4 is 5.96 Å². The molecule has 0 spiro atoms. The number of aliphatic imine (C=N–C) groups is 1. The van der Waals surface area contributed by atoms with Crippen molar-refractivity contribution in [1.29, 1.82) is 0 Å². The molecule has 2 rings (SSSR count). The van der Waals surface area contributed by atoms with Crippen LogP contribution in [0.25, 0.3) is 0 Å². The third-order valence-corrected chi connectivity index (χ3v) is 3.88. The van der Waals surface area contributed by atoms with Crippen molar-refractivity contribution in [1.82, 2.24) is 10.2 Å². The van der Waals surface area contributed by atoms with E-state index in [2.05, 4.69) is 29.1 Å². The summed E-state index contributed by atoms with van der Waals surface area (Å²) < 4.78 is 5.30. The second-order valence-corrected chi connectivity index (χ2v) is 6.11. The second kappa shape index (κ2) is 6.98. The van der Waals surface area contributed by atoms with E-state index in [0.29, 0.717) is 11.7 Å². The Balaban J connectivity index is 2.06. The number of furan rings is 1. The van der Waals surface area contributed by atoms with Gasteiger partial charge in [0.15, 0.2) is 5.96 Å². The molecule has 118 valence electrons. The van der Waals surface area contributed by atoms with E-state index in [1.165, 1.54) is 12.8 Å². The lowest BCUT2D eigenvalue weighted by Crippen LogP contribution is -2.46. The molecule has 21 heavy (non-hydrogen) atoms. The van der Waals surface area contributed by atoms with Gasteiger partial charge in [-0.05, 0) is 44.7 Å². The van der Waals surface area contributed by atoms with Gasteiger partial charge in [-0.15, -0.1) is 0 Å². The van der Waals surface area contributed by atoms with Crippen molar-refractivity contribution in [3.8, 4) is 0 Å². The van der Waals surface area contributed by atoms with Gasteiger partial charge < -0.3 is 19.7 Å². The number of likely N-dealkylation sites (tertiary alicyclic amines) is 1. The van der Waals surface area contributed by atoms with Crippen LogP contribution >= 0.6 is 0 Å². The lowest BCUT2D eigenvalue weighted by Gasteiger charge is -2.34. The molecular formula is C16H27N3O2. The lowest BCUT2D eigenvalue weighted by atomic mass is 10.0. The largest absolute Gasteiger partial charge is 0.466 e. The van der Waals surface area contributed by atoms with Gasteiger partial charge in [0.2, 0.25) is 0 Å². The summed E-state index contributed by atoms with van der Waals surface area (Å²) in [6.45, 7) is 9.23. The Morgan fingerprint density at radius 1 is 1.62 bits per heavy atom. The topological polar surface area (TPSA) is 61.0 Å². The summed E-state index contributed by atoms with van der Waals surface area (Å²) in [4.78, 5) is 6.91. The van der Waals surface area contributed by atoms with E-state index < -0.39 is 5.60 Å². The highest BCUT2D eigenvalue weighted by Gasteiger charge is 2.27. The summed E-state index contributed by atoms with van der Waals surface area (Å²) >= 11 is 0. The first-order valence-corrected chi connectivity index (χ1v) is 7.82. The van der Waals surface area contributed by atoms with Gasteiger partial charge in [-0.3, -0.25) is 0 Å². The summed E-state index contributed by atoms with van der Waals surface area (Å²) in [7, 11) is 0. The molecule has 1 aromatic rings. The molecule has 0 bridgehead atoms. The maximum Gasteiger partial charge on any atom is 0.194 e. The van der Waals surface area contributed by atoms with Crippen LogP contribution in [0.2, 0.25) is 0 Å². The van der Waals surface area contributed by atoms with E-state index in [9.17, 15) is 5.11 Å². The zero-order valence-corrected chi connectivity index (χ0v) is 13.3. The Kier molecular flexibility index (Phi) is 5.28. The number of guanidine groups is 1. The molecule has 1 aliphatic heterocycles. The fraction of sp³-hybridized carbons (Fsp3) is 0.688. The van der Waals surface area contributed by atoms with Crippen molar-refractivity contribution in [3.05, 3.63) is 24.2 Å². The SMILES string of the molecule is CCNC(=NCC(C)(O)c1ccco1)N1CCCC(C)C1. The molecule has 1 aromatic heterocycles. The fourth-order valence-corrected chi connectivity index (χ4v) is 2.70. The Morgan fingerprint density at radius 2 is 2.43 bits per heavy atom. The Hall–Kier alpha value is -1.49. The van der Waals surface area contributed by atoms with E-state index in [4.69, 9.17) is 4.42 Å². The molecule has 0 saturated carbocycles. The minimum Gasteiger partial charge on any atom is -0.466 e. The summed E-state index contributed by atoms with van der Waals surface area (Å²) in [6.07, 6.45) is 4.05. The highest BCUT2D eigenvalue weighted by Crippen LogP contribution is 2.22. The predicted molar refractivity (Wildman–Crippen MR) is 84.2 cm³/mol. The van der Waals surface area contributed by atoms with Crippen LogP contribution in [0.4, 0.5) is 0 Å². The van der Waals surface area contributed by atoms with E-state index >= 15 is 0 Å². The highest BCUT2D eigenvalue weighted by atomic mass is 16.4. The Bertz CT molecular complexity index is 454. The fourth-order valence-electron chi connectivity index (χ4n) is 2.70. The third-order valence-electron chi connectivity index (χ3n) is 3.88. The Labute approximate surface area is 127 Å². The van der Waals surface area contributed by atoms with Crippen molar-refractivity contribution in [2.24, 2.45) is 10.9 Å².